The minimum Gasteiger partial charge on any atom is -0.357 e. The molecule has 106 valence electrons. The van der Waals surface area contributed by atoms with Crippen molar-refractivity contribution in [3.8, 4) is 0 Å². The summed E-state index contributed by atoms with van der Waals surface area (Å²) in [4.78, 5) is 24.8. The fourth-order valence-electron chi connectivity index (χ4n) is 2.16. The molecule has 0 aliphatic heterocycles. The Hall–Kier alpha value is -1.65. The van der Waals surface area contributed by atoms with Gasteiger partial charge in [-0.1, -0.05) is 0 Å². The Labute approximate surface area is 115 Å². The van der Waals surface area contributed by atoms with Gasteiger partial charge in [-0.3, -0.25) is 4.79 Å². The van der Waals surface area contributed by atoms with E-state index in [2.05, 4.69) is 28.7 Å². The molecule has 0 N–H and O–H groups in total. The van der Waals surface area contributed by atoms with Gasteiger partial charge in [0.1, 0.15) is 17.8 Å². The molecule has 5 nitrogen and oxygen atoms in total. The van der Waals surface area contributed by atoms with Crippen LogP contribution in [0.25, 0.3) is 0 Å². The summed E-state index contributed by atoms with van der Waals surface area (Å²) in [5, 5.41) is 0. The lowest BCUT2D eigenvalue weighted by molar-refractivity contribution is 0.0766. The quantitative estimate of drug-likeness (QED) is 0.789. The Morgan fingerprint density at radius 2 is 1.63 bits per heavy atom. The predicted octanol–water partition coefficient (Wildman–Crippen LogP) is 2.11. The lowest BCUT2D eigenvalue weighted by atomic mass is 10.2. The SMILES string of the molecule is CCN(CC)C(=O)c1ncnc(N(CC)CC)c1C. The van der Waals surface area contributed by atoms with Gasteiger partial charge in [-0.25, -0.2) is 9.97 Å². The summed E-state index contributed by atoms with van der Waals surface area (Å²) in [6.07, 6.45) is 1.48. The van der Waals surface area contributed by atoms with Crippen LogP contribution in [0.4, 0.5) is 5.82 Å². The highest BCUT2D eigenvalue weighted by Gasteiger charge is 2.20. The number of anilines is 1. The first-order chi connectivity index (χ1) is 9.10. The van der Waals surface area contributed by atoms with E-state index >= 15 is 0 Å². The van der Waals surface area contributed by atoms with Crippen molar-refractivity contribution in [2.45, 2.75) is 34.6 Å². The zero-order valence-corrected chi connectivity index (χ0v) is 12.6. The maximum Gasteiger partial charge on any atom is 0.272 e. The van der Waals surface area contributed by atoms with Crippen LogP contribution in [0.1, 0.15) is 43.7 Å². The van der Waals surface area contributed by atoms with Gasteiger partial charge in [0.15, 0.2) is 0 Å². The van der Waals surface area contributed by atoms with Crippen LogP contribution in [0, 0.1) is 6.92 Å². The van der Waals surface area contributed by atoms with Crippen LogP contribution >= 0.6 is 0 Å². The van der Waals surface area contributed by atoms with E-state index in [1.807, 2.05) is 20.8 Å². The molecule has 0 aromatic carbocycles. The number of rotatable bonds is 6. The zero-order valence-electron chi connectivity index (χ0n) is 12.6. The van der Waals surface area contributed by atoms with Crippen molar-refractivity contribution in [1.82, 2.24) is 14.9 Å². The molecule has 5 heteroatoms. The highest BCUT2D eigenvalue weighted by Crippen LogP contribution is 2.19. The monoisotopic (exact) mass is 264 g/mol. The molecule has 0 radical (unpaired) electrons. The molecule has 1 heterocycles. The first kappa shape index (κ1) is 15.4. The topological polar surface area (TPSA) is 49.3 Å². The fourth-order valence-corrected chi connectivity index (χ4v) is 2.16. The zero-order chi connectivity index (χ0) is 14.4. The Balaban J connectivity index is 3.17. The third-order valence-electron chi connectivity index (χ3n) is 3.37. The first-order valence-corrected chi connectivity index (χ1v) is 6.96. The maximum atomic E-state index is 12.4. The van der Waals surface area contributed by atoms with Crippen LogP contribution in [0.15, 0.2) is 6.33 Å². The average Bonchev–Trinajstić information content (AvgIpc) is 2.43. The highest BCUT2D eigenvalue weighted by molar-refractivity contribution is 5.94. The van der Waals surface area contributed by atoms with Gasteiger partial charge in [0, 0.05) is 31.7 Å². The van der Waals surface area contributed by atoms with Crippen molar-refractivity contribution in [2.24, 2.45) is 0 Å². The lowest BCUT2D eigenvalue weighted by Crippen LogP contribution is -2.33. The normalized spacial score (nSPS) is 10.4. The molecule has 1 aromatic heterocycles. The molecule has 0 saturated heterocycles. The number of nitrogens with zero attached hydrogens (tertiary/aromatic N) is 4. The van der Waals surface area contributed by atoms with Crippen LogP contribution in [0.2, 0.25) is 0 Å². The van der Waals surface area contributed by atoms with E-state index < -0.39 is 0 Å². The van der Waals surface area contributed by atoms with Crippen molar-refractivity contribution in [1.29, 1.82) is 0 Å². The van der Waals surface area contributed by atoms with Crippen molar-refractivity contribution in [3.63, 3.8) is 0 Å². The minimum absolute atomic E-state index is 0.0155. The number of amides is 1. The standard InChI is InChI=1S/C14H24N4O/c1-6-17(7-2)13-11(5)12(15-10-16-13)14(19)18(8-3)9-4/h10H,6-9H2,1-5H3. The molecule has 0 saturated carbocycles. The second-order valence-corrected chi connectivity index (χ2v) is 4.32. The smallest absolute Gasteiger partial charge is 0.272 e. The maximum absolute atomic E-state index is 12.4. The molecule has 0 atom stereocenters. The third-order valence-corrected chi connectivity index (χ3v) is 3.37. The third kappa shape index (κ3) is 3.22. The predicted molar refractivity (Wildman–Crippen MR) is 77.6 cm³/mol. The summed E-state index contributed by atoms with van der Waals surface area (Å²) in [5.41, 5.74) is 1.38. The van der Waals surface area contributed by atoms with Crippen LogP contribution < -0.4 is 4.90 Å². The Morgan fingerprint density at radius 1 is 1.05 bits per heavy atom. The van der Waals surface area contributed by atoms with Crippen LogP contribution in [-0.4, -0.2) is 47.0 Å². The van der Waals surface area contributed by atoms with Gasteiger partial charge in [-0.15, -0.1) is 0 Å². The van der Waals surface area contributed by atoms with E-state index in [4.69, 9.17) is 0 Å². The van der Waals surface area contributed by atoms with E-state index in [1.165, 1.54) is 6.33 Å². The van der Waals surface area contributed by atoms with Gasteiger partial charge < -0.3 is 9.80 Å². The molecule has 1 rings (SSSR count). The minimum atomic E-state index is -0.0155. The second-order valence-electron chi connectivity index (χ2n) is 4.32. The van der Waals surface area contributed by atoms with E-state index in [9.17, 15) is 4.79 Å². The van der Waals surface area contributed by atoms with Gasteiger partial charge in [-0.2, -0.15) is 0 Å². The largest absolute Gasteiger partial charge is 0.357 e. The van der Waals surface area contributed by atoms with E-state index in [0.717, 1.165) is 24.5 Å². The van der Waals surface area contributed by atoms with E-state index in [-0.39, 0.29) is 5.91 Å². The summed E-state index contributed by atoms with van der Waals surface area (Å²) in [6, 6.07) is 0. The van der Waals surface area contributed by atoms with Crippen molar-refractivity contribution in [3.05, 3.63) is 17.6 Å². The summed E-state index contributed by atoms with van der Waals surface area (Å²) in [5.74, 6) is 0.841. The molecule has 0 spiro atoms. The molecule has 0 aliphatic carbocycles. The number of aromatic nitrogens is 2. The molecule has 1 amide bonds. The van der Waals surface area contributed by atoms with Crippen LogP contribution in [0.3, 0.4) is 0 Å². The van der Waals surface area contributed by atoms with Gasteiger partial charge in [-0.05, 0) is 34.6 Å². The summed E-state index contributed by atoms with van der Waals surface area (Å²) < 4.78 is 0. The molecular formula is C14H24N4O. The molecule has 1 aromatic rings. The second kappa shape index (κ2) is 7.07. The van der Waals surface area contributed by atoms with Gasteiger partial charge in [0.05, 0.1) is 0 Å². The number of carbonyl (C=O) groups is 1. The molecular weight excluding hydrogens is 240 g/mol. The average molecular weight is 264 g/mol. The summed E-state index contributed by atoms with van der Waals surface area (Å²) in [6.45, 7) is 13.2. The highest BCUT2D eigenvalue weighted by atomic mass is 16.2. The molecule has 0 aliphatic rings. The molecule has 0 fully saturated rings. The van der Waals surface area contributed by atoms with E-state index in [1.54, 1.807) is 4.90 Å². The molecule has 0 bridgehead atoms. The summed E-state index contributed by atoms with van der Waals surface area (Å²) >= 11 is 0. The Bertz CT molecular complexity index is 425. The van der Waals surface area contributed by atoms with Gasteiger partial charge in [0.25, 0.3) is 5.91 Å². The number of hydrogen-bond acceptors (Lipinski definition) is 4. The molecule has 0 unspecified atom stereocenters. The lowest BCUT2D eigenvalue weighted by Gasteiger charge is -2.24. The van der Waals surface area contributed by atoms with Crippen molar-refractivity contribution >= 4 is 11.7 Å². The fraction of sp³-hybridized carbons (Fsp3) is 0.643. The molecule has 19 heavy (non-hydrogen) atoms. The Kier molecular flexibility index (Phi) is 5.73. The van der Waals surface area contributed by atoms with Crippen molar-refractivity contribution < 1.29 is 4.79 Å². The van der Waals surface area contributed by atoms with Gasteiger partial charge in [0.2, 0.25) is 0 Å². The Morgan fingerprint density at radius 3 is 2.11 bits per heavy atom. The van der Waals surface area contributed by atoms with Crippen LogP contribution in [0.5, 0.6) is 0 Å². The first-order valence-electron chi connectivity index (χ1n) is 6.96. The summed E-state index contributed by atoms with van der Waals surface area (Å²) in [7, 11) is 0. The van der Waals surface area contributed by atoms with E-state index in [0.29, 0.717) is 18.8 Å². The van der Waals surface area contributed by atoms with Crippen molar-refractivity contribution in [2.75, 3.05) is 31.1 Å². The van der Waals surface area contributed by atoms with Crippen LogP contribution in [-0.2, 0) is 0 Å². The van der Waals surface area contributed by atoms with Gasteiger partial charge >= 0.3 is 0 Å². The number of carbonyl (C=O) groups excluding carboxylic acids is 1. The number of hydrogen-bond donors (Lipinski definition) is 0.